The first-order chi connectivity index (χ1) is 9.88. The average molecular weight is 298 g/mol. The largest absolute Gasteiger partial charge is 0.416 e. The molecule has 0 unspecified atom stereocenters. The van der Waals surface area contributed by atoms with E-state index in [1.54, 1.807) is 18.1 Å². The SMILES string of the molecule is Cc1nccn1CCCN(C)c1cc(C(F)(F)F)ccn1. The van der Waals surface area contributed by atoms with E-state index < -0.39 is 11.7 Å². The van der Waals surface area contributed by atoms with E-state index in [1.165, 1.54) is 6.20 Å². The van der Waals surface area contributed by atoms with Crippen LogP contribution in [0.15, 0.2) is 30.7 Å². The van der Waals surface area contributed by atoms with E-state index in [2.05, 4.69) is 9.97 Å². The number of pyridine rings is 1. The fourth-order valence-electron chi connectivity index (χ4n) is 2.04. The standard InChI is InChI=1S/C14H17F3N4/c1-11-18-6-9-21(11)8-3-7-20(2)13-10-12(4-5-19-13)14(15,16)17/h4-6,9-10H,3,7-8H2,1-2H3. The topological polar surface area (TPSA) is 34.0 Å². The number of anilines is 1. The van der Waals surface area contributed by atoms with Gasteiger partial charge < -0.3 is 9.47 Å². The van der Waals surface area contributed by atoms with E-state index in [0.717, 1.165) is 30.9 Å². The summed E-state index contributed by atoms with van der Waals surface area (Å²) >= 11 is 0. The molecular weight excluding hydrogens is 281 g/mol. The lowest BCUT2D eigenvalue weighted by molar-refractivity contribution is -0.137. The third-order valence-corrected chi connectivity index (χ3v) is 3.28. The minimum absolute atomic E-state index is 0.326. The Morgan fingerprint density at radius 1 is 1.24 bits per heavy atom. The molecule has 2 heterocycles. The second kappa shape index (κ2) is 6.15. The number of imidazole rings is 1. The number of halogens is 3. The van der Waals surface area contributed by atoms with Crippen molar-refractivity contribution in [3.05, 3.63) is 42.1 Å². The molecule has 0 radical (unpaired) electrons. The summed E-state index contributed by atoms with van der Waals surface area (Å²) in [5, 5.41) is 0. The highest BCUT2D eigenvalue weighted by Gasteiger charge is 2.30. The molecule has 7 heteroatoms. The van der Waals surface area contributed by atoms with Crippen LogP contribution in [0.3, 0.4) is 0 Å². The Kier molecular flexibility index (Phi) is 4.50. The number of hydrogen-bond acceptors (Lipinski definition) is 3. The zero-order chi connectivity index (χ0) is 15.5. The minimum atomic E-state index is -4.34. The van der Waals surface area contributed by atoms with Crippen LogP contribution in [0, 0.1) is 6.92 Å². The van der Waals surface area contributed by atoms with E-state index in [4.69, 9.17) is 0 Å². The third kappa shape index (κ3) is 3.96. The zero-order valence-electron chi connectivity index (χ0n) is 11.9. The number of nitrogens with zero attached hydrogens (tertiary/aromatic N) is 4. The Morgan fingerprint density at radius 3 is 2.62 bits per heavy atom. The average Bonchev–Trinajstić information content (AvgIpc) is 2.83. The Labute approximate surface area is 121 Å². The van der Waals surface area contributed by atoms with Gasteiger partial charge in [-0.15, -0.1) is 0 Å². The summed E-state index contributed by atoms with van der Waals surface area (Å²) < 4.78 is 40.0. The van der Waals surface area contributed by atoms with Gasteiger partial charge in [-0.1, -0.05) is 0 Å². The van der Waals surface area contributed by atoms with Gasteiger partial charge in [0.25, 0.3) is 0 Å². The van der Waals surface area contributed by atoms with Crippen molar-refractivity contribution in [2.24, 2.45) is 0 Å². The smallest absolute Gasteiger partial charge is 0.360 e. The van der Waals surface area contributed by atoms with Crippen LogP contribution in [0.4, 0.5) is 19.0 Å². The molecule has 2 rings (SSSR count). The molecule has 0 aromatic carbocycles. The molecule has 0 bridgehead atoms. The molecular formula is C14H17F3N4. The lowest BCUT2D eigenvalue weighted by Gasteiger charge is -2.19. The van der Waals surface area contributed by atoms with E-state index >= 15 is 0 Å². The van der Waals surface area contributed by atoms with Gasteiger partial charge in [0.15, 0.2) is 0 Å². The summed E-state index contributed by atoms with van der Waals surface area (Å²) in [5.74, 6) is 1.25. The molecule has 0 saturated carbocycles. The predicted molar refractivity (Wildman–Crippen MR) is 74.1 cm³/mol. The molecule has 4 nitrogen and oxygen atoms in total. The molecule has 114 valence electrons. The molecule has 0 amide bonds. The summed E-state index contributed by atoms with van der Waals surface area (Å²) in [7, 11) is 1.74. The molecule has 21 heavy (non-hydrogen) atoms. The molecule has 0 aliphatic rings. The van der Waals surface area contributed by atoms with Crippen molar-refractivity contribution in [2.45, 2.75) is 26.1 Å². The molecule has 0 N–H and O–H groups in total. The van der Waals surface area contributed by atoms with Crippen LogP contribution in [0.2, 0.25) is 0 Å². The summed E-state index contributed by atoms with van der Waals surface area (Å²) in [6.45, 7) is 3.30. The van der Waals surface area contributed by atoms with Gasteiger partial charge in [-0.05, 0) is 25.5 Å². The first-order valence-corrected chi connectivity index (χ1v) is 6.60. The van der Waals surface area contributed by atoms with Gasteiger partial charge in [-0.2, -0.15) is 13.2 Å². The maximum Gasteiger partial charge on any atom is 0.416 e. The molecule has 0 saturated heterocycles. The summed E-state index contributed by atoms with van der Waals surface area (Å²) in [5.41, 5.74) is -0.676. The van der Waals surface area contributed by atoms with Gasteiger partial charge in [-0.3, -0.25) is 0 Å². The van der Waals surface area contributed by atoms with Crippen LogP contribution in [-0.4, -0.2) is 28.1 Å². The zero-order valence-corrected chi connectivity index (χ0v) is 11.9. The molecule has 2 aromatic heterocycles. The second-order valence-corrected chi connectivity index (χ2v) is 4.84. The minimum Gasteiger partial charge on any atom is -0.360 e. The van der Waals surface area contributed by atoms with Gasteiger partial charge in [-0.25, -0.2) is 9.97 Å². The van der Waals surface area contributed by atoms with E-state index in [-0.39, 0.29) is 0 Å². The highest BCUT2D eigenvalue weighted by atomic mass is 19.4. The number of aromatic nitrogens is 3. The van der Waals surface area contributed by atoms with Gasteiger partial charge in [0.05, 0.1) is 5.56 Å². The van der Waals surface area contributed by atoms with Crippen molar-refractivity contribution in [2.75, 3.05) is 18.5 Å². The normalized spacial score (nSPS) is 11.7. The van der Waals surface area contributed by atoms with E-state index in [0.29, 0.717) is 12.4 Å². The highest BCUT2D eigenvalue weighted by molar-refractivity contribution is 5.40. The monoisotopic (exact) mass is 298 g/mol. The quantitative estimate of drug-likeness (QED) is 0.850. The Balaban J connectivity index is 1.94. The number of alkyl halides is 3. The predicted octanol–water partition coefficient (Wildman–Crippen LogP) is 3.13. The maximum absolute atomic E-state index is 12.7. The van der Waals surface area contributed by atoms with Crippen molar-refractivity contribution >= 4 is 5.82 Å². The molecule has 2 aromatic rings. The van der Waals surface area contributed by atoms with Crippen LogP contribution in [0.1, 0.15) is 17.8 Å². The summed E-state index contributed by atoms with van der Waals surface area (Å²) in [4.78, 5) is 9.84. The van der Waals surface area contributed by atoms with Gasteiger partial charge in [0.1, 0.15) is 11.6 Å². The van der Waals surface area contributed by atoms with Crippen LogP contribution >= 0.6 is 0 Å². The van der Waals surface area contributed by atoms with Crippen LogP contribution in [0.5, 0.6) is 0 Å². The Hall–Kier alpha value is -2.05. The third-order valence-electron chi connectivity index (χ3n) is 3.28. The number of rotatable bonds is 5. The lowest BCUT2D eigenvalue weighted by atomic mass is 10.2. The van der Waals surface area contributed by atoms with Crippen molar-refractivity contribution in [3.63, 3.8) is 0 Å². The van der Waals surface area contributed by atoms with Crippen molar-refractivity contribution in [1.82, 2.24) is 14.5 Å². The van der Waals surface area contributed by atoms with Crippen LogP contribution in [-0.2, 0) is 12.7 Å². The van der Waals surface area contributed by atoms with E-state index in [1.807, 2.05) is 17.7 Å². The van der Waals surface area contributed by atoms with Crippen molar-refractivity contribution < 1.29 is 13.2 Å². The molecule has 0 fully saturated rings. The number of aryl methyl sites for hydroxylation is 2. The van der Waals surface area contributed by atoms with Crippen LogP contribution in [0.25, 0.3) is 0 Å². The maximum atomic E-state index is 12.7. The highest BCUT2D eigenvalue weighted by Crippen LogP contribution is 2.30. The molecule has 0 spiro atoms. The lowest BCUT2D eigenvalue weighted by Crippen LogP contribution is -2.21. The van der Waals surface area contributed by atoms with Crippen LogP contribution < -0.4 is 4.90 Å². The Bertz CT molecular complexity index is 592. The van der Waals surface area contributed by atoms with Crippen molar-refractivity contribution in [3.8, 4) is 0 Å². The molecule has 0 aliphatic heterocycles. The second-order valence-electron chi connectivity index (χ2n) is 4.84. The van der Waals surface area contributed by atoms with Gasteiger partial charge >= 0.3 is 6.18 Å². The van der Waals surface area contributed by atoms with Gasteiger partial charge in [0.2, 0.25) is 0 Å². The number of hydrogen-bond donors (Lipinski definition) is 0. The van der Waals surface area contributed by atoms with Crippen molar-refractivity contribution in [1.29, 1.82) is 0 Å². The fourth-order valence-corrected chi connectivity index (χ4v) is 2.04. The first kappa shape index (κ1) is 15.3. The molecule has 0 aliphatic carbocycles. The summed E-state index contributed by atoms with van der Waals surface area (Å²) in [6, 6.07) is 2.05. The molecule has 0 atom stereocenters. The van der Waals surface area contributed by atoms with Gasteiger partial charge in [0, 0.05) is 38.7 Å². The fraction of sp³-hybridized carbons (Fsp3) is 0.429. The van der Waals surface area contributed by atoms with E-state index in [9.17, 15) is 13.2 Å². The Morgan fingerprint density at radius 2 is 2.00 bits per heavy atom. The first-order valence-electron chi connectivity index (χ1n) is 6.60. The summed E-state index contributed by atoms with van der Waals surface area (Å²) in [6.07, 6.45) is 1.26.